The predicted octanol–water partition coefficient (Wildman–Crippen LogP) is 2.16. The first-order chi connectivity index (χ1) is 8.69. The molecular formula is C12H17N5S. The molecule has 0 unspecified atom stereocenters. The van der Waals surface area contributed by atoms with Crippen molar-refractivity contribution in [1.29, 1.82) is 0 Å². The second-order valence-electron chi connectivity index (χ2n) is 4.88. The van der Waals surface area contributed by atoms with Gasteiger partial charge < -0.3 is 0 Å². The molecule has 0 bridgehead atoms. The Morgan fingerprint density at radius 2 is 2.28 bits per heavy atom. The third-order valence-corrected chi connectivity index (χ3v) is 3.70. The summed E-state index contributed by atoms with van der Waals surface area (Å²) in [5.74, 6) is 1.70. The number of hydrogen-bond acceptors (Lipinski definition) is 3. The third-order valence-electron chi connectivity index (χ3n) is 3.39. The molecule has 2 aromatic heterocycles. The van der Waals surface area contributed by atoms with Crippen LogP contribution in [0.2, 0.25) is 0 Å². The Morgan fingerprint density at radius 1 is 1.50 bits per heavy atom. The fourth-order valence-electron chi connectivity index (χ4n) is 2.32. The van der Waals surface area contributed by atoms with Gasteiger partial charge in [-0.1, -0.05) is 6.92 Å². The molecule has 0 radical (unpaired) electrons. The van der Waals surface area contributed by atoms with Crippen LogP contribution in [0.4, 0.5) is 0 Å². The topological polar surface area (TPSA) is 51.4 Å². The number of hydrogen-bond donors (Lipinski definition) is 1. The van der Waals surface area contributed by atoms with Crippen LogP contribution in [0.5, 0.6) is 0 Å². The van der Waals surface area contributed by atoms with E-state index in [9.17, 15) is 0 Å². The van der Waals surface area contributed by atoms with Gasteiger partial charge in [-0.3, -0.25) is 14.3 Å². The van der Waals surface area contributed by atoms with Gasteiger partial charge in [-0.2, -0.15) is 10.2 Å². The van der Waals surface area contributed by atoms with Crippen molar-refractivity contribution in [3.8, 4) is 0 Å². The van der Waals surface area contributed by atoms with Gasteiger partial charge in [-0.25, -0.2) is 0 Å². The van der Waals surface area contributed by atoms with Gasteiger partial charge in [0, 0.05) is 24.7 Å². The molecule has 0 amide bonds. The van der Waals surface area contributed by atoms with Crippen molar-refractivity contribution in [3.05, 3.63) is 28.0 Å². The summed E-state index contributed by atoms with van der Waals surface area (Å²) in [7, 11) is 1.96. The highest BCUT2D eigenvalue weighted by atomic mass is 32.1. The quantitative estimate of drug-likeness (QED) is 0.860. The third kappa shape index (κ3) is 2.01. The zero-order valence-corrected chi connectivity index (χ0v) is 11.5. The highest BCUT2D eigenvalue weighted by Gasteiger charge is 2.29. The lowest BCUT2D eigenvalue weighted by Gasteiger charge is -2.05. The molecule has 1 aliphatic carbocycles. The Bertz CT molecular complexity index is 617. The molecular weight excluding hydrogens is 246 g/mol. The first-order valence-corrected chi connectivity index (χ1v) is 6.76. The largest absolute Gasteiger partial charge is 0.299 e. The molecule has 18 heavy (non-hydrogen) atoms. The summed E-state index contributed by atoms with van der Waals surface area (Å²) in [5.41, 5.74) is 2.38. The summed E-state index contributed by atoms with van der Waals surface area (Å²) in [6.07, 6.45) is 5.48. The highest BCUT2D eigenvalue weighted by Crippen LogP contribution is 2.39. The van der Waals surface area contributed by atoms with Gasteiger partial charge in [0.15, 0.2) is 4.77 Å². The monoisotopic (exact) mass is 263 g/mol. The van der Waals surface area contributed by atoms with Crippen molar-refractivity contribution in [2.24, 2.45) is 7.05 Å². The first-order valence-electron chi connectivity index (χ1n) is 6.35. The summed E-state index contributed by atoms with van der Waals surface area (Å²) < 4.78 is 4.69. The van der Waals surface area contributed by atoms with Crippen LogP contribution in [0, 0.1) is 4.77 Å². The maximum atomic E-state index is 5.32. The Hall–Kier alpha value is -1.43. The standard InChI is InChI=1S/C12H17N5S/c1-3-10-9(6-16(2)15-10)7-17-11(8-4-5-8)13-14-12(17)18/h6,8H,3-5,7H2,1-2H3,(H,14,18). The molecule has 1 fully saturated rings. The molecule has 0 atom stereocenters. The van der Waals surface area contributed by atoms with Gasteiger partial charge in [0.05, 0.1) is 12.2 Å². The van der Waals surface area contributed by atoms with E-state index in [1.807, 2.05) is 11.7 Å². The minimum atomic E-state index is 0.597. The molecule has 0 aromatic carbocycles. The Morgan fingerprint density at radius 3 is 2.94 bits per heavy atom. The number of H-pyrrole nitrogens is 1. The van der Waals surface area contributed by atoms with E-state index < -0.39 is 0 Å². The molecule has 3 rings (SSSR count). The predicted molar refractivity (Wildman–Crippen MR) is 71.1 cm³/mol. The number of nitrogens with one attached hydrogen (secondary N) is 1. The van der Waals surface area contributed by atoms with Crippen LogP contribution in [0.25, 0.3) is 0 Å². The van der Waals surface area contributed by atoms with E-state index in [0.29, 0.717) is 10.7 Å². The fraction of sp³-hybridized carbons (Fsp3) is 0.583. The number of rotatable bonds is 4. The summed E-state index contributed by atoms with van der Waals surface area (Å²) in [6, 6.07) is 0. The molecule has 0 aliphatic heterocycles. The van der Waals surface area contributed by atoms with E-state index in [-0.39, 0.29) is 0 Å². The summed E-state index contributed by atoms with van der Waals surface area (Å²) >= 11 is 5.32. The maximum Gasteiger partial charge on any atom is 0.195 e. The van der Waals surface area contributed by atoms with Crippen molar-refractivity contribution in [1.82, 2.24) is 24.5 Å². The van der Waals surface area contributed by atoms with Gasteiger partial charge in [-0.05, 0) is 31.5 Å². The van der Waals surface area contributed by atoms with Gasteiger partial charge >= 0.3 is 0 Å². The van der Waals surface area contributed by atoms with Crippen molar-refractivity contribution >= 4 is 12.2 Å². The zero-order valence-electron chi connectivity index (χ0n) is 10.7. The van der Waals surface area contributed by atoms with Crippen LogP contribution in [-0.2, 0) is 20.0 Å². The number of aromatic amines is 1. The molecule has 0 saturated heterocycles. The number of aromatic nitrogens is 5. The normalized spacial score (nSPS) is 15.2. The Labute approximate surface area is 111 Å². The molecule has 1 aliphatic rings. The fourth-order valence-corrected chi connectivity index (χ4v) is 2.52. The van der Waals surface area contributed by atoms with Crippen LogP contribution in [0.3, 0.4) is 0 Å². The smallest absolute Gasteiger partial charge is 0.195 e. The zero-order chi connectivity index (χ0) is 12.7. The molecule has 0 spiro atoms. The number of aryl methyl sites for hydroxylation is 2. The van der Waals surface area contributed by atoms with E-state index in [0.717, 1.165) is 24.5 Å². The lowest BCUT2D eigenvalue weighted by molar-refractivity contribution is 0.713. The molecule has 1 N–H and O–H groups in total. The molecule has 96 valence electrons. The Balaban J connectivity index is 1.96. The summed E-state index contributed by atoms with van der Waals surface area (Å²) in [6.45, 7) is 2.90. The lowest BCUT2D eigenvalue weighted by Crippen LogP contribution is -2.05. The van der Waals surface area contributed by atoms with Crippen LogP contribution in [0.1, 0.15) is 42.8 Å². The average Bonchev–Trinajstić information content (AvgIpc) is 3.04. The number of nitrogens with zero attached hydrogens (tertiary/aromatic N) is 4. The second kappa shape index (κ2) is 4.35. The second-order valence-corrected chi connectivity index (χ2v) is 5.26. The minimum absolute atomic E-state index is 0.597. The van der Waals surface area contributed by atoms with Gasteiger partial charge in [0.25, 0.3) is 0 Å². The van der Waals surface area contributed by atoms with E-state index in [4.69, 9.17) is 12.2 Å². The van der Waals surface area contributed by atoms with Crippen LogP contribution in [-0.4, -0.2) is 24.5 Å². The van der Waals surface area contributed by atoms with Crippen LogP contribution < -0.4 is 0 Å². The van der Waals surface area contributed by atoms with Crippen molar-refractivity contribution in [2.75, 3.05) is 0 Å². The minimum Gasteiger partial charge on any atom is -0.299 e. The van der Waals surface area contributed by atoms with E-state index in [1.165, 1.54) is 18.4 Å². The SMILES string of the molecule is CCc1nn(C)cc1Cn1c(C2CC2)n[nH]c1=S. The molecule has 1 saturated carbocycles. The molecule has 5 nitrogen and oxygen atoms in total. The van der Waals surface area contributed by atoms with E-state index in [1.54, 1.807) is 0 Å². The van der Waals surface area contributed by atoms with Gasteiger partial charge in [0.1, 0.15) is 5.82 Å². The van der Waals surface area contributed by atoms with Crippen LogP contribution in [0.15, 0.2) is 6.20 Å². The van der Waals surface area contributed by atoms with Crippen molar-refractivity contribution in [3.63, 3.8) is 0 Å². The summed E-state index contributed by atoms with van der Waals surface area (Å²) in [5, 5.41) is 11.7. The van der Waals surface area contributed by atoms with Gasteiger partial charge in [0.2, 0.25) is 0 Å². The molecule has 2 aromatic rings. The maximum absolute atomic E-state index is 5.32. The molecule has 6 heteroatoms. The van der Waals surface area contributed by atoms with Crippen LogP contribution >= 0.6 is 12.2 Å². The average molecular weight is 263 g/mol. The van der Waals surface area contributed by atoms with Crippen molar-refractivity contribution < 1.29 is 0 Å². The highest BCUT2D eigenvalue weighted by molar-refractivity contribution is 7.71. The summed E-state index contributed by atoms with van der Waals surface area (Å²) in [4.78, 5) is 0. The van der Waals surface area contributed by atoms with Crippen molar-refractivity contribution in [2.45, 2.75) is 38.6 Å². The lowest BCUT2D eigenvalue weighted by atomic mass is 10.2. The van der Waals surface area contributed by atoms with E-state index in [2.05, 4.69) is 33.0 Å². The molecule has 2 heterocycles. The Kier molecular flexibility index (Phi) is 2.81. The van der Waals surface area contributed by atoms with E-state index >= 15 is 0 Å². The first kappa shape index (κ1) is 11.6. The van der Waals surface area contributed by atoms with Gasteiger partial charge in [-0.15, -0.1) is 0 Å².